The maximum Gasteiger partial charge on any atom is 0.311 e. The first kappa shape index (κ1) is 29.5. The summed E-state index contributed by atoms with van der Waals surface area (Å²) < 4.78 is 13.9. The Hall–Kier alpha value is -2.52. The summed E-state index contributed by atoms with van der Waals surface area (Å²) >= 11 is 7.01. The van der Waals surface area contributed by atoms with E-state index < -0.39 is 0 Å². The lowest BCUT2D eigenvalue weighted by Gasteiger charge is -2.51. The SMILES string of the molecule is COC(=O)[C@@H]1[C@H]2C[C@H]3c4ccccc4N(Cc4ccc(Br)cc4)C(=O)CCN3C[C@@H]2CC[C@@H]1OCc1ccc(Br)cc1. The highest BCUT2D eigenvalue weighted by atomic mass is 79.9. The van der Waals surface area contributed by atoms with Gasteiger partial charge >= 0.3 is 5.97 Å². The van der Waals surface area contributed by atoms with Crippen molar-refractivity contribution in [1.29, 1.82) is 0 Å². The van der Waals surface area contributed by atoms with Gasteiger partial charge in [0.15, 0.2) is 0 Å². The molecule has 3 aromatic rings. The largest absolute Gasteiger partial charge is 0.469 e. The Labute approximate surface area is 264 Å². The Morgan fingerprint density at radius 2 is 1.62 bits per heavy atom. The molecule has 8 heteroatoms. The summed E-state index contributed by atoms with van der Waals surface area (Å²) in [7, 11) is 1.49. The molecule has 0 radical (unpaired) electrons. The minimum Gasteiger partial charge on any atom is -0.469 e. The van der Waals surface area contributed by atoms with Crippen molar-refractivity contribution in [1.82, 2.24) is 4.90 Å². The number of fused-ring (bicyclic) bond motifs is 4. The van der Waals surface area contributed by atoms with Crippen LogP contribution in [0, 0.1) is 17.8 Å². The maximum absolute atomic E-state index is 13.6. The number of nitrogens with zero attached hydrogens (tertiary/aromatic N) is 2. The second-order valence-corrected chi connectivity index (χ2v) is 13.5. The van der Waals surface area contributed by atoms with E-state index in [0.717, 1.165) is 57.1 Å². The lowest BCUT2D eigenvalue weighted by atomic mass is 9.65. The molecule has 3 aromatic carbocycles. The number of amides is 1. The zero-order valence-electron chi connectivity index (χ0n) is 23.8. The number of anilines is 1. The van der Waals surface area contributed by atoms with Crippen LogP contribution in [0.15, 0.2) is 81.7 Å². The molecule has 5 atom stereocenters. The number of carbonyl (C=O) groups is 2. The molecule has 3 aliphatic rings. The monoisotopic (exact) mass is 694 g/mol. The maximum atomic E-state index is 13.6. The van der Waals surface area contributed by atoms with Gasteiger partial charge in [0.2, 0.25) is 5.91 Å². The first-order chi connectivity index (χ1) is 20.4. The standard InChI is InChI=1S/C34H36Br2N2O4/c1-41-34(40)33-28-18-30-27-4-2-3-5-29(27)38(19-22-6-11-25(35)12-7-22)32(39)16-17-37(30)20-24(28)10-15-31(33)42-21-23-8-13-26(36)14-9-23/h2-9,11-14,24,28,30-31,33H,10,15-21H2,1H3/t24-,28-,30-,31-,33+/m0/s1. The van der Waals surface area contributed by atoms with Crippen molar-refractivity contribution in [2.24, 2.45) is 17.8 Å². The van der Waals surface area contributed by atoms with Crippen molar-refractivity contribution in [3.8, 4) is 0 Å². The van der Waals surface area contributed by atoms with E-state index in [9.17, 15) is 9.59 Å². The number of piperidine rings is 1. The molecule has 0 spiro atoms. The van der Waals surface area contributed by atoms with Crippen LogP contribution in [0.3, 0.4) is 0 Å². The van der Waals surface area contributed by atoms with Gasteiger partial charge in [-0.1, -0.05) is 74.3 Å². The van der Waals surface area contributed by atoms with E-state index in [4.69, 9.17) is 9.47 Å². The predicted octanol–water partition coefficient (Wildman–Crippen LogP) is 7.30. The second kappa shape index (κ2) is 13.0. The first-order valence-electron chi connectivity index (χ1n) is 14.7. The summed E-state index contributed by atoms with van der Waals surface area (Å²) in [4.78, 5) is 31.4. The number of esters is 1. The number of ether oxygens (including phenoxy) is 2. The van der Waals surface area contributed by atoms with Crippen molar-refractivity contribution < 1.29 is 19.1 Å². The molecule has 1 amide bonds. The number of hydrogen-bond acceptors (Lipinski definition) is 5. The quantitative estimate of drug-likeness (QED) is 0.254. The van der Waals surface area contributed by atoms with E-state index in [1.165, 1.54) is 7.11 Å². The van der Waals surface area contributed by atoms with Crippen molar-refractivity contribution in [3.05, 3.63) is 98.4 Å². The van der Waals surface area contributed by atoms with Gasteiger partial charge in [-0.05, 0) is 78.1 Å². The van der Waals surface area contributed by atoms with Crippen molar-refractivity contribution >= 4 is 49.4 Å². The van der Waals surface area contributed by atoms with Crippen molar-refractivity contribution in [2.45, 2.75) is 51.0 Å². The average Bonchev–Trinajstić information content (AvgIpc) is 3.01. The third-order valence-electron chi connectivity index (χ3n) is 9.30. The van der Waals surface area contributed by atoms with Gasteiger partial charge in [-0.2, -0.15) is 0 Å². The average molecular weight is 696 g/mol. The van der Waals surface area contributed by atoms with E-state index in [0.29, 0.717) is 32.0 Å². The van der Waals surface area contributed by atoms with Crippen LogP contribution in [-0.2, 0) is 32.2 Å². The summed E-state index contributed by atoms with van der Waals surface area (Å²) in [5.74, 6) is 0.155. The Balaban J connectivity index is 1.28. The van der Waals surface area contributed by atoms with E-state index in [1.807, 2.05) is 47.4 Å². The number of rotatable bonds is 6. The molecule has 1 saturated carbocycles. The minimum atomic E-state index is -0.315. The van der Waals surface area contributed by atoms with Crippen LogP contribution in [0.5, 0.6) is 0 Å². The van der Waals surface area contributed by atoms with Crippen LogP contribution < -0.4 is 4.90 Å². The number of hydrogen-bond donors (Lipinski definition) is 0. The Morgan fingerprint density at radius 3 is 2.33 bits per heavy atom. The van der Waals surface area contributed by atoms with E-state index in [1.54, 1.807) is 0 Å². The summed E-state index contributed by atoms with van der Waals surface area (Å²) in [6.07, 6.45) is 2.94. The normalized spacial score (nSPS) is 25.9. The van der Waals surface area contributed by atoms with Gasteiger partial charge in [-0.15, -0.1) is 0 Å². The molecule has 6 nitrogen and oxygen atoms in total. The Kier molecular flexibility index (Phi) is 9.15. The Morgan fingerprint density at radius 1 is 0.929 bits per heavy atom. The van der Waals surface area contributed by atoms with E-state index in [2.05, 4.69) is 67.1 Å². The van der Waals surface area contributed by atoms with Crippen molar-refractivity contribution in [2.75, 3.05) is 25.1 Å². The Bertz CT molecular complexity index is 1410. The fraction of sp³-hybridized carbons (Fsp3) is 0.412. The molecule has 2 heterocycles. The highest BCUT2D eigenvalue weighted by Crippen LogP contribution is 2.49. The molecule has 1 saturated heterocycles. The van der Waals surface area contributed by atoms with Gasteiger partial charge in [-0.25, -0.2) is 0 Å². The number of methoxy groups -OCH3 is 1. The van der Waals surface area contributed by atoms with Crippen LogP contribution >= 0.6 is 31.9 Å². The number of benzene rings is 3. The molecule has 2 aliphatic heterocycles. The number of para-hydroxylation sites is 1. The van der Waals surface area contributed by atoms with Gasteiger partial charge in [0.25, 0.3) is 0 Å². The molecule has 220 valence electrons. The summed E-state index contributed by atoms with van der Waals surface area (Å²) in [6.45, 7) is 2.58. The molecule has 6 rings (SSSR count). The lowest BCUT2D eigenvalue weighted by molar-refractivity contribution is -0.165. The smallest absolute Gasteiger partial charge is 0.311 e. The van der Waals surface area contributed by atoms with Crippen LogP contribution in [-0.4, -0.2) is 43.1 Å². The van der Waals surface area contributed by atoms with Gasteiger partial charge < -0.3 is 14.4 Å². The topological polar surface area (TPSA) is 59.1 Å². The third kappa shape index (κ3) is 6.23. The molecular formula is C34H36Br2N2O4. The third-order valence-corrected chi connectivity index (χ3v) is 10.4. The number of halogens is 2. The predicted molar refractivity (Wildman–Crippen MR) is 170 cm³/mol. The molecular weight excluding hydrogens is 660 g/mol. The van der Waals surface area contributed by atoms with Crippen LogP contribution in [0.25, 0.3) is 0 Å². The van der Waals surface area contributed by atoms with E-state index in [-0.39, 0.29) is 35.9 Å². The second-order valence-electron chi connectivity index (χ2n) is 11.7. The molecule has 0 N–H and O–H groups in total. The molecule has 42 heavy (non-hydrogen) atoms. The highest BCUT2D eigenvalue weighted by molar-refractivity contribution is 9.10. The minimum absolute atomic E-state index is 0.111. The van der Waals surface area contributed by atoms with Crippen LogP contribution in [0.1, 0.15) is 48.4 Å². The van der Waals surface area contributed by atoms with Gasteiger partial charge in [0.1, 0.15) is 0 Å². The van der Waals surface area contributed by atoms with Gasteiger partial charge in [0.05, 0.1) is 32.3 Å². The summed E-state index contributed by atoms with van der Waals surface area (Å²) in [6, 6.07) is 24.7. The fourth-order valence-electron chi connectivity index (χ4n) is 7.22. The van der Waals surface area contributed by atoms with Crippen LogP contribution in [0.4, 0.5) is 5.69 Å². The molecule has 0 unspecified atom stereocenters. The van der Waals surface area contributed by atoms with Gasteiger partial charge in [-0.3, -0.25) is 14.5 Å². The molecule has 2 fully saturated rings. The zero-order chi connectivity index (χ0) is 29.2. The van der Waals surface area contributed by atoms with Gasteiger partial charge in [0, 0.05) is 40.2 Å². The first-order valence-corrected chi connectivity index (χ1v) is 16.3. The van der Waals surface area contributed by atoms with E-state index >= 15 is 0 Å². The number of carbonyl (C=O) groups excluding carboxylic acids is 2. The fourth-order valence-corrected chi connectivity index (χ4v) is 7.74. The molecule has 1 aliphatic carbocycles. The zero-order valence-corrected chi connectivity index (χ0v) is 26.9. The summed E-state index contributed by atoms with van der Waals surface area (Å²) in [5.41, 5.74) is 4.30. The lowest BCUT2D eigenvalue weighted by Crippen LogP contribution is -2.53. The van der Waals surface area contributed by atoms with Crippen molar-refractivity contribution in [3.63, 3.8) is 0 Å². The molecule has 0 aromatic heterocycles. The summed E-state index contributed by atoms with van der Waals surface area (Å²) in [5, 5.41) is 0. The van der Waals surface area contributed by atoms with Crippen LogP contribution in [0.2, 0.25) is 0 Å². The highest BCUT2D eigenvalue weighted by Gasteiger charge is 2.50. The molecule has 0 bridgehead atoms.